The first kappa shape index (κ1) is 63.7. The summed E-state index contributed by atoms with van der Waals surface area (Å²) in [5, 5.41) is 51.6. The second kappa shape index (κ2) is 39.3. The van der Waals surface area contributed by atoms with Crippen LogP contribution in [0.4, 0.5) is 0 Å². The van der Waals surface area contributed by atoms with Crippen LogP contribution in [0.3, 0.4) is 0 Å². The Bertz CT molecular complexity index is 1560. The molecule has 1 rings (SSSR count). The first-order chi connectivity index (χ1) is 32.5. The van der Waals surface area contributed by atoms with Crippen LogP contribution in [-0.2, 0) is 41.8 Å². The third-order valence-corrected chi connectivity index (χ3v) is 12.7. The molecule has 6 unspecified atom stereocenters. The lowest BCUT2D eigenvalue weighted by molar-refractivity contribution is -0.216. The second-order valence-corrected chi connectivity index (χ2v) is 20.0. The average molecular weight is 1010 g/mol. The first-order valence-corrected chi connectivity index (χ1v) is 28.0. The van der Waals surface area contributed by atoms with E-state index in [4.69, 9.17) is 18.5 Å². The molecular formula is C49H86O17P2. The number of carbonyl (C=O) groups is 2. The Hall–Kier alpha value is -2.34. The van der Waals surface area contributed by atoms with Gasteiger partial charge in [0.15, 0.2) is 6.10 Å². The van der Waals surface area contributed by atoms with Gasteiger partial charge in [0, 0.05) is 12.8 Å². The van der Waals surface area contributed by atoms with Gasteiger partial charge < -0.3 is 49.7 Å². The number of aliphatic hydroxyl groups is 5. The number of phosphoric acid groups is 2. The summed E-state index contributed by atoms with van der Waals surface area (Å²) < 4.78 is 49.3. The van der Waals surface area contributed by atoms with Crippen LogP contribution in [0.1, 0.15) is 174 Å². The third kappa shape index (κ3) is 33.3. The number of unbranched alkanes of at least 4 members (excludes halogenated alkanes) is 16. The Labute approximate surface area is 405 Å². The van der Waals surface area contributed by atoms with Gasteiger partial charge in [0.25, 0.3) is 0 Å². The molecule has 0 bridgehead atoms. The van der Waals surface area contributed by atoms with E-state index in [2.05, 4.69) is 48.8 Å². The number of carbonyl (C=O) groups excluding carboxylic acids is 2. The Morgan fingerprint density at radius 2 is 1.01 bits per heavy atom. The molecule has 0 aromatic rings. The summed E-state index contributed by atoms with van der Waals surface area (Å²) in [4.78, 5) is 54.4. The highest BCUT2D eigenvalue weighted by molar-refractivity contribution is 7.47. The van der Waals surface area contributed by atoms with E-state index in [1.54, 1.807) is 12.2 Å². The van der Waals surface area contributed by atoms with Gasteiger partial charge in [-0.15, -0.1) is 0 Å². The zero-order chi connectivity index (χ0) is 50.5. The number of aliphatic hydroxyl groups excluding tert-OH is 5. The van der Waals surface area contributed by atoms with Crippen molar-refractivity contribution in [2.75, 3.05) is 13.2 Å². The van der Waals surface area contributed by atoms with E-state index in [9.17, 15) is 58.9 Å². The van der Waals surface area contributed by atoms with Crippen molar-refractivity contribution in [1.82, 2.24) is 0 Å². The lowest BCUT2D eigenvalue weighted by Gasteiger charge is -2.43. The average Bonchev–Trinajstić information content (AvgIpc) is 3.29. The fraction of sp³-hybridized carbons (Fsp3) is 0.755. The van der Waals surface area contributed by atoms with Crippen molar-refractivity contribution in [3.8, 4) is 0 Å². The van der Waals surface area contributed by atoms with Crippen LogP contribution in [0.25, 0.3) is 0 Å². The normalized spacial score (nSPS) is 22.2. The summed E-state index contributed by atoms with van der Waals surface area (Å²) in [5.41, 5.74) is 0. The highest BCUT2D eigenvalue weighted by Crippen LogP contribution is 2.49. The van der Waals surface area contributed by atoms with Crippen LogP contribution in [0.5, 0.6) is 0 Å². The molecule has 8 N–H and O–H groups in total. The van der Waals surface area contributed by atoms with Crippen LogP contribution in [0.2, 0.25) is 0 Å². The molecule has 9 atom stereocenters. The molecule has 0 aromatic carbocycles. The summed E-state index contributed by atoms with van der Waals surface area (Å²) in [6, 6.07) is 0. The minimum Gasteiger partial charge on any atom is -0.462 e. The zero-order valence-electron chi connectivity index (χ0n) is 40.6. The van der Waals surface area contributed by atoms with E-state index in [0.29, 0.717) is 6.42 Å². The van der Waals surface area contributed by atoms with E-state index < -0.39 is 89.6 Å². The standard InChI is InChI=1S/C49H86O17P2/c1-3-5-7-9-11-13-15-17-18-19-20-22-24-26-28-30-32-36-43(52)64-41(39-63-68(60,61)66-49-46(55)44(53)45(54)48(47(49)56)65-67(57,58)59)38-62-42(51)37-33-35-40(50)34-31-29-27-25-23-21-16-14-12-10-8-6-4-2/h6,8,12,14,21,23,27,29,31,34,40-41,44-50,53-56H,3-5,7,9-11,13,15-20,22,24-26,28,30,32-33,35-39H2,1-2H3,(H,60,61)(H2,57,58,59)/b8-6-,14-12-,23-21-,29-27-,34-31+/t40?,41-,44?,45?,46?,47?,48-,49+/m1/s1. The highest BCUT2D eigenvalue weighted by atomic mass is 31.2. The van der Waals surface area contributed by atoms with E-state index in [0.717, 1.165) is 51.4 Å². The Balaban J connectivity index is 2.64. The van der Waals surface area contributed by atoms with Crippen LogP contribution >= 0.6 is 15.6 Å². The number of ether oxygens (including phenoxy) is 2. The minimum absolute atomic E-state index is 0.00425. The summed E-state index contributed by atoms with van der Waals surface area (Å²) in [6.07, 6.45) is 27.6. The molecule has 0 aliphatic heterocycles. The van der Waals surface area contributed by atoms with Gasteiger partial charge in [-0.1, -0.05) is 177 Å². The smallest absolute Gasteiger partial charge is 0.462 e. The van der Waals surface area contributed by atoms with Gasteiger partial charge in [-0.2, -0.15) is 0 Å². The highest BCUT2D eigenvalue weighted by Gasteiger charge is 2.54. The molecule has 0 aromatic heterocycles. The largest absolute Gasteiger partial charge is 0.472 e. The van der Waals surface area contributed by atoms with E-state index in [1.165, 1.54) is 77.0 Å². The molecular weight excluding hydrogens is 922 g/mol. The Morgan fingerprint density at radius 3 is 1.53 bits per heavy atom. The molecule has 0 saturated heterocycles. The number of hydrogen-bond acceptors (Lipinski definition) is 14. The summed E-state index contributed by atoms with van der Waals surface area (Å²) in [6.45, 7) is 2.84. The van der Waals surface area contributed by atoms with Crippen LogP contribution in [0, 0.1) is 0 Å². The molecule has 19 heteroatoms. The van der Waals surface area contributed by atoms with Crippen LogP contribution in [0.15, 0.2) is 60.8 Å². The molecule has 0 heterocycles. The van der Waals surface area contributed by atoms with Gasteiger partial charge in [-0.25, -0.2) is 9.13 Å². The zero-order valence-corrected chi connectivity index (χ0v) is 42.4. The molecule has 1 saturated carbocycles. The molecule has 0 radical (unpaired) electrons. The number of rotatable bonds is 41. The lowest BCUT2D eigenvalue weighted by atomic mass is 9.85. The van der Waals surface area contributed by atoms with Crippen molar-refractivity contribution in [2.45, 2.75) is 223 Å². The monoisotopic (exact) mass is 1010 g/mol. The molecule has 1 fully saturated rings. The van der Waals surface area contributed by atoms with E-state index >= 15 is 0 Å². The number of allylic oxidation sites excluding steroid dienone is 9. The van der Waals surface area contributed by atoms with Crippen molar-refractivity contribution in [3.63, 3.8) is 0 Å². The predicted molar refractivity (Wildman–Crippen MR) is 261 cm³/mol. The van der Waals surface area contributed by atoms with Gasteiger partial charge in [-0.3, -0.25) is 23.2 Å². The molecule has 394 valence electrons. The predicted octanol–water partition coefficient (Wildman–Crippen LogP) is 8.81. The number of phosphoric ester groups is 2. The molecule has 0 amide bonds. The number of hydrogen-bond donors (Lipinski definition) is 8. The van der Waals surface area contributed by atoms with Crippen LogP contribution in [-0.4, -0.2) is 114 Å². The fourth-order valence-corrected chi connectivity index (χ4v) is 8.89. The molecule has 1 aliphatic carbocycles. The maximum Gasteiger partial charge on any atom is 0.472 e. The summed E-state index contributed by atoms with van der Waals surface area (Å²) >= 11 is 0. The van der Waals surface area contributed by atoms with Crippen LogP contribution < -0.4 is 0 Å². The van der Waals surface area contributed by atoms with E-state index in [-0.39, 0.29) is 25.7 Å². The van der Waals surface area contributed by atoms with Gasteiger partial charge in [-0.05, 0) is 44.9 Å². The lowest BCUT2D eigenvalue weighted by Crippen LogP contribution is -2.64. The van der Waals surface area contributed by atoms with Crippen molar-refractivity contribution in [1.29, 1.82) is 0 Å². The summed E-state index contributed by atoms with van der Waals surface area (Å²) in [7, 11) is -10.7. The molecule has 1 aliphatic rings. The van der Waals surface area contributed by atoms with Crippen molar-refractivity contribution >= 4 is 27.6 Å². The maximum absolute atomic E-state index is 13.0. The SMILES string of the molecule is CC/C=C\C/C=C\C/C=C\C/C=C\C=C\C(O)CCCC(=O)OC[C@H](COP(=O)(O)O[C@H]1C(O)C(O)C(O)[C@@H](OP(=O)(O)O)C1O)OC(=O)CCCCCCCCCCCCCCCCCCC. The quantitative estimate of drug-likeness (QED) is 0.00934. The molecule has 0 spiro atoms. The van der Waals surface area contributed by atoms with Crippen molar-refractivity contribution < 1.29 is 82.0 Å². The minimum atomic E-state index is -5.39. The Morgan fingerprint density at radius 1 is 0.544 bits per heavy atom. The summed E-state index contributed by atoms with van der Waals surface area (Å²) in [5.74, 6) is -1.41. The third-order valence-electron chi connectivity index (χ3n) is 11.2. The van der Waals surface area contributed by atoms with Crippen molar-refractivity contribution in [3.05, 3.63) is 60.8 Å². The van der Waals surface area contributed by atoms with E-state index in [1.807, 2.05) is 18.2 Å². The van der Waals surface area contributed by atoms with Gasteiger partial charge in [0.2, 0.25) is 0 Å². The fourth-order valence-electron chi connectivity index (χ4n) is 7.35. The molecule has 17 nitrogen and oxygen atoms in total. The van der Waals surface area contributed by atoms with Crippen molar-refractivity contribution in [2.24, 2.45) is 0 Å². The van der Waals surface area contributed by atoms with Gasteiger partial charge >= 0.3 is 27.6 Å². The van der Waals surface area contributed by atoms with Gasteiger partial charge in [0.05, 0.1) is 12.7 Å². The first-order valence-electron chi connectivity index (χ1n) is 24.9. The maximum atomic E-state index is 13.0. The van der Waals surface area contributed by atoms with Gasteiger partial charge in [0.1, 0.15) is 43.2 Å². The molecule has 68 heavy (non-hydrogen) atoms. The Kier molecular flexibility index (Phi) is 36.8. The number of esters is 2. The second-order valence-electron chi connectivity index (χ2n) is 17.4. The topological polar surface area (TPSA) is 276 Å².